The van der Waals surface area contributed by atoms with Crippen LogP contribution in [0.4, 0.5) is 5.69 Å². The molecule has 2 aliphatic heterocycles. The molecule has 2 aromatic carbocycles. The minimum absolute atomic E-state index is 0.0623. The normalized spacial score (nSPS) is 21.7. The fourth-order valence-corrected chi connectivity index (χ4v) is 3.77. The van der Waals surface area contributed by atoms with Crippen molar-refractivity contribution in [3.63, 3.8) is 0 Å². The van der Waals surface area contributed by atoms with Gasteiger partial charge < -0.3 is 19.7 Å². The van der Waals surface area contributed by atoms with E-state index in [9.17, 15) is 9.59 Å². The summed E-state index contributed by atoms with van der Waals surface area (Å²) in [5.74, 6) is 0.967. The molecule has 1 N–H and O–H groups in total. The quantitative estimate of drug-likeness (QED) is 0.907. The van der Waals surface area contributed by atoms with Crippen molar-refractivity contribution >= 4 is 17.5 Å². The van der Waals surface area contributed by atoms with Gasteiger partial charge in [-0.25, -0.2) is 0 Å². The summed E-state index contributed by atoms with van der Waals surface area (Å²) in [6, 6.07) is 14.8. The van der Waals surface area contributed by atoms with Gasteiger partial charge in [0.15, 0.2) is 11.5 Å². The van der Waals surface area contributed by atoms with Gasteiger partial charge in [-0.3, -0.25) is 9.59 Å². The maximum absolute atomic E-state index is 13.1. The minimum Gasteiger partial charge on any atom is -0.486 e. The van der Waals surface area contributed by atoms with Gasteiger partial charge in [-0.2, -0.15) is 0 Å². The first-order valence-electron chi connectivity index (χ1n) is 9.14. The third-order valence-electron chi connectivity index (χ3n) is 5.15. The summed E-state index contributed by atoms with van der Waals surface area (Å²) in [6.07, 6.45) is 0.901. The molecule has 0 unspecified atom stereocenters. The lowest BCUT2D eigenvalue weighted by atomic mass is 9.84. The molecule has 0 bridgehead atoms. The van der Waals surface area contributed by atoms with E-state index < -0.39 is 0 Å². The zero-order valence-corrected chi connectivity index (χ0v) is 15.2. The van der Waals surface area contributed by atoms with Crippen LogP contribution in [0.5, 0.6) is 11.5 Å². The number of hydrogen-bond acceptors (Lipinski definition) is 4. The molecule has 2 aromatic rings. The van der Waals surface area contributed by atoms with Crippen molar-refractivity contribution < 1.29 is 19.1 Å². The monoisotopic (exact) mass is 366 g/mol. The van der Waals surface area contributed by atoms with E-state index in [0.29, 0.717) is 43.2 Å². The van der Waals surface area contributed by atoms with Crippen molar-refractivity contribution in [2.75, 3.05) is 25.6 Å². The summed E-state index contributed by atoms with van der Waals surface area (Å²) < 4.78 is 11.1. The Bertz CT molecular complexity index is 853. The van der Waals surface area contributed by atoms with E-state index in [1.165, 1.54) is 0 Å². The lowest BCUT2D eigenvalue weighted by Gasteiger charge is -2.38. The number of anilines is 1. The van der Waals surface area contributed by atoms with Gasteiger partial charge in [0.05, 0.1) is 12.0 Å². The number of hydrogen-bond donors (Lipinski definition) is 1. The largest absolute Gasteiger partial charge is 0.486 e. The first-order chi connectivity index (χ1) is 13.1. The summed E-state index contributed by atoms with van der Waals surface area (Å²) in [5.41, 5.74) is 1.63. The Morgan fingerprint density at radius 3 is 2.59 bits per heavy atom. The van der Waals surface area contributed by atoms with Gasteiger partial charge in [-0.1, -0.05) is 30.3 Å². The maximum atomic E-state index is 13.1. The molecule has 0 aliphatic carbocycles. The zero-order valence-electron chi connectivity index (χ0n) is 15.2. The second kappa shape index (κ2) is 7.31. The van der Waals surface area contributed by atoms with Gasteiger partial charge in [0, 0.05) is 25.2 Å². The van der Waals surface area contributed by atoms with E-state index in [2.05, 4.69) is 5.32 Å². The van der Waals surface area contributed by atoms with Gasteiger partial charge in [0.1, 0.15) is 13.2 Å². The van der Waals surface area contributed by atoms with Crippen LogP contribution in [0, 0.1) is 5.92 Å². The first kappa shape index (κ1) is 17.4. The highest BCUT2D eigenvalue weighted by atomic mass is 16.6. The Labute approximate surface area is 158 Å². The third-order valence-corrected chi connectivity index (χ3v) is 5.15. The van der Waals surface area contributed by atoms with E-state index >= 15 is 0 Å². The molecule has 6 nitrogen and oxygen atoms in total. The van der Waals surface area contributed by atoms with Crippen molar-refractivity contribution in [1.29, 1.82) is 0 Å². The van der Waals surface area contributed by atoms with E-state index in [4.69, 9.17) is 9.47 Å². The van der Waals surface area contributed by atoms with Crippen LogP contribution in [0.25, 0.3) is 0 Å². The number of ether oxygens (including phenoxy) is 2. The van der Waals surface area contributed by atoms with E-state index in [1.807, 2.05) is 30.3 Å². The summed E-state index contributed by atoms with van der Waals surface area (Å²) in [7, 11) is 1.77. The lowest BCUT2D eigenvalue weighted by Crippen LogP contribution is -2.44. The van der Waals surface area contributed by atoms with E-state index in [1.54, 1.807) is 30.1 Å². The minimum atomic E-state index is -0.316. The van der Waals surface area contributed by atoms with Crippen LogP contribution in [-0.2, 0) is 9.59 Å². The number of carbonyl (C=O) groups excluding carboxylic acids is 2. The van der Waals surface area contributed by atoms with Crippen LogP contribution in [0.15, 0.2) is 48.5 Å². The average Bonchev–Trinajstić information content (AvgIpc) is 2.70. The number of carbonyl (C=O) groups is 2. The molecule has 0 radical (unpaired) electrons. The van der Waals surface area contributed by atoms with Crippen molar-refractivity contribution in [3.05, 3.63) is 54.1 Å². The van der Waals surface area contributed by atoms with Crippen LogP contribution in [0.3, 0.4) is 0 Å². The van der Waals surface area contributed by atoms with Gasteiger partial charge in [-0.15, -0.1) is 0 Å². The highest BCUT2D eigenvalue weighted by Crippen LogP contribution is 2.37. The molecule has 1 saturated heterocycles. The number of nitrogens with one attached hydrogen (secondary N) is 1. The second-order valence-electron chi connectivity index (χ2n) is 6.85. The summed E-state index contributed by atoms with van der Waals surface area (Å²) in [6.45, 7) is 1.02. The molecule has 0 saturated carbocycles. The molecular weight excluding hydrogens is 344 g/mol. The number of piperidine rings is 1. The van der Waals surface area contributed by atoms with Crippen LogP contribution < -0.4 is 14.8 Å². The van der Waals surface area contributed by atoms with E-state index in [-0.39, 0.29) is 23.8 Å². The highest BCUT2D eigenvalue weighted by Gasteiger charge is 2.38. The van der Waals surface area contributed by atoms with Gasteiger partial charge in [0.25, 0.3) is 0 Å². The average molecular weight is 366 g/mol. The number of rotatable bonds is 3. The smallest absolute Gasteiger partial charge is 0.229 e. The van der Waals surface area contributed by atoms with Crippen molar-refractivity contribution in [2.24, 2.45) is 5.92 Å². The molecule has 2 amide bonds. The van der Waals surface area contributed by atoms with Crippen LogP contribution in [0.2, 0.25) is 0 Å². The Morgan fingerprint density at radius 2 is 1.81 bits per heavy atom. The third kappa shape index (κ3) is 3.47. The predicted octanol–water partition coefficient (Wildman–Crippen LogP) is 3.01. The number of benzene rings is 2. The number of fused-ring (bicyclic) bond motifs is 1. The second-order valence-corrected chi connectivity index (χ2v) is 6.85. The topological polar surface area (TPSA) is 67.9 Å². The molecule has 4 rings (SSSR count). The molecule has 6 heteroatoms. The number of nitrogens with zero attached hydrogens (tertiary/aromatic N) is 1. The van der Waals surface area contributed by atoms with Crippen LogP contribution >= 0.6 is 0 Å². The molecule has 2 aliphatic rings. The predicted molar refractivity (Wildman–Crippen MR) is 101 cm³/mol. The Balaban J connectivity index is 1.57. The molecule has 27 heavy (non-hydrogen) atoms. The molecule has 0 aromatic heterocycles. The SMILES string of the molecule is CN1C(=O)CC[C@H](C(=O)Nc2ccc3c(c2)OCCO3)[C@H]1c1ccccc1. The summed E-state index contributed by atoms with van der Waals surface area (Å²) in [5, 5.41) is 2.98. The molecule has 140 valence electrons. The van der Waals surface area contributed by atoms with E-state index in [0.717, 1.165) is 5.56 Å². The van der Waals surface area contributed by atoms with Gasteiger partial charge in [0.2, 0.25) is 11.8 Å². The maximum Gasteiger partial charge on any atom is 0.229 e. The summed E-state index contributed by atoms with van der Waals surface area (Å²) in [4.78, 5) is 27.0. The highest BCUT2D eigenvalue weighted by molar-refractivity contribution is 5.95. The van der Waals surface area contributed by atoms with Crippen LogP contribution in [-0.4, -0.2) is 37.0 Å². The Morgan fingerprint density at radius 1 is 1.07 bits per heavy atom. The standard InChI is InChI=1S/C21H22N2O4/c1-23-19(24)10-8-16(20(23)14-5-3-2-4-6-14)21(25)22-15-7-9-17-18(13-15)27-12-11-26-17/h2-7,9,13,16,20H,8,10-12H2,1H3,(H,22,25)/t16-,20+/m0/s1. The molecule has 0 spiro atoms. The van der Waals surface area contributed by atoms with Crippen molar-refractivity contribution in [1.82, 2.24) is 4.90 Å². The molecule has 2 atom stereocenters. The van der Waals surface area contributed by atoms with Gasteiger partial charge >= 0.3 is 0 Å². The first-order valence-corrected chi connectivity index (χ1v) is 9.14. The van der Waals surface area contributed by atoms with Crippen molar-refractivity contribution in [3.8, 4) is 11.5 Å². The fraction of sp³-hybridized carbons (Fsp3) is 0.333. The number of amides is 2. The zero-order chi connectivity index (χ0) is 18.8. The van der Waals surface area contributed by atoms with Crippen molar-refractivity contribution in [2.45, 2.75) is 18.9 Å². The molecule has 2 heterocycles. The van der Waals surface area contributed by atoms with Gasteiger partial charge in [-0.05, 0) is 24.1 Å². The van der Waals surface area contributed by atoms with Crippen LogP contribution in [0.1, 0.15) is 24.4 Å². The Hall–Kier alpha value is -3.02. The fourth-order valence-electron chi connectivity index (χ4n) is 3.77. The lowest BCUT2D eigenvalue weighted by molar-refractivity contribution is -0.140. The summed E-state index contributed by atoms with van der Waals surface area (Å²) >= 11 is 0. The number of likely N-dealkylation sites (tertiary alicyclic amines) is 1. The molecular formula is C21H22N2O4. The Kier molecular flexibility index (Phi) is 4.71. The molecule has 1 fully saturated rings.